The van der Waals surface area contributed by atoms with Crippen LogP contribution in [-0.4, -0.2) is 63.0 Å². The van der Waals surface area contributed by atoms with E-state index in [1.165, 1.54) is 11.1 Å². The Labute approximate surface area is 155 Å². The van der Waals surface area contributed by atoms with Crippen molar-refractivity contribution >= 4 is 0 Å². The number of pyridine rings is 1. The second-order valence-corrected chi connectivity index (χ2v) is 7.92. The van der Waals surface area contributed by atoms with Gasteiger partial charge >= 0.3 is 0 Å². The molecule has 26 heavy (non-hydrogen) atoms. The molecule has 1 spiro atoms. The van der Waals surface area contributed by atoms with E-state index >= 15 is 0 Å². The lowest BCUT2D eigenvalue weighted by atomic mass is 9.87. The smallest absolute Gasteiger partial charge is 0.0723 e. The molecular weight excluding hydrogens is 326 g/mol. The number of rotatable bonds is 5. The van der Waals surface area contributed by atoms with E-state index in [1.54, 1.807) is 0 Å². The summed E-state index contributed by atoms with van der Waals surface area (Å²) in [4.78, 5) is 9.07. The third kappa shape index (κ3) is 3.98. The van der Waals surface area contributed by atoms with Crippen molar-refractivity contribution in [3.8, 4) is 0 Å². The van der Waals surface area contributed by atoms with Crippen LogP contribution in [0.5, 0.6) is 0 Å². The quantitative estimate of drug-likeness (QED) is 0.822. The van der Waals surface area contributed by atoms with Gasteiger partial charge in [-0.1, -0.05) is 0 Å². The molecule has 0 bridgehead atoms. The van der Waals surface area contributed by atoms with Crippen molar-refractivity contribution in [3.63, 3.8) is 0 Å². The average molecular weight is 355 g/mol. The molecule has 2 fully saturated rings. The van der Waals surface area contributed by atoms with E-state index in [0.717, 1.165) is 52.0 Å². The number of likely N-dealkylation sites (tertiary alicyclic amines) is 1. The van der Waals surface area contributed by atoms with Crippen LogP contribution in [-0.2, 0) is 24.9 Å². The summed E-state index contributed by atoms with van der Waals surface area (Å²) in [5.41, 5.74) is 2.70. The first-order valence-electron chi connectivity index (χ1n) is 9.55. The summed E-state index contributed by atoms with van der Waals surface area (Å²) in [7, 11) is 4.19. The average Bonchev–Trinajstić information content (AvgIpc) is 3.25. The van der Waals surface area contributed by atoms with Gasteiger partial charge in [0.15, 0.2) is 0 Å². The Morgan fingerprint density at radius 3 is 2.69 bits per heavy atom. The highest BCUT2D eigenvalue weighted by atomic mass is 16.5. The normalized spacial score (nSPS) is 23.1. The standard InChI is InChI=1S/C20H29N5O/c1-23(13-17-3-7-21-8-4-17)19-11-20(26-16-19)5-9-25(10-6-20)15-18-12-22-24(2)14-18/h3-4,7-8,12,14,19H,5-6,9-11,13,15-16H2,1-2H3. The minimum Gasteiger partial charge on any atom is -0.373 e. The zero-order valence-electron chi connectivity index (χ0n) is 15.8. The van der Waals surface area contributed by atoms with Crippen LogP contribution < -0.4 is 0 Å². The molecule has 2 aromatic rings. The maximum Gasteiger partial charge on any atom is 0.0723 e. The Bertz CT molecular complexity index is 708. The van der Waals surface area contributed by atoms with Gasteiger partial charge < -0.3 is 4.74 Å². The third-order valence-electron chi connectivity index (χ3n) is 5.93. The predicted molar refractivity (Wildman–Crippen MR) is 101 cm³/mol. The summed E-state index contributed by atoms with van der Waals surface area (Å²) in [6.45, 7) is 5.02. The van der Waals surface area contributed by atoms with Gasteiger partial charge in [0, 0.05) is 63.4 Å². The highest BCUT2D eigenvalue weighted by molar-refractivity contribution is 5.10. The molecule has 0 amide bonds. The molecule has 6 heteroatoms. The van der Waals surface area contributed by atoms with Crippen molar-refractivity contribution in [1.29, 1.82) is 0 Å². The first kappa shape index (κ1) is 17.6. The fraction of sp³-hybridized carbons (Fsp3) is 0.600. The molecule has 1 atom stereocenters. The van der Waals surface area contributed by atoms with Crippen LogP contribution in [0.15, 0.2) is 36.9 Å². The molecule has 0 N–H and O–H groups in total. The van der Waals surface area contributed by atoms with Crippen LogP contribution in [0.1, 0.15) is 30.4 Å². The maximum absolute atomic E-state index is 6.36. The summed E-state index contributed by atoms with van der Waals surface area (Å²) in [6, 6.07) is 4.70. The fourth-order valence-electron chi connectivity index (χ4n) is 4.29. The van der Waals surface area contributed by atoms with Gasteiger partial charge in [-0.25, -0.2) is 0 Å². The molecule has 2 aliphatic heterocycles. The molecule has 2 aromatic heterocycles. The molecule has 4 heterocycles. The van der Waals surface area contributed by atoms with E-state index in [1.807, 2.05) is 30.3 Å². The summed E-state index contributed by atoms with van der Waals surface area (Å²) in [5.74, 6) is 0. The molecule has 0 saturated carbocycles. The number of hydrogen-bond donors (Lipinski definition) is 0. The van der Waals surface area contributed by atoms with Crippen molar-refractivity contribution in [1.82, 2.24) is 24.6 Å². The van der Waals surface area contributed by atoms with E-state index in [2.05, 4.69) is 45.3 Å². The van der Waals surface area contributed by atoms with Crippen molar-refractivity contribution < 1.29 is 4.74 Å². The highest BCUT2D eigenvalue weighted by Gasteiger charge is 2.43. The number of hydrogen-bond acceptors (Lipinski definition) is 5. The summed E-state index contributed by atoms with van der Waals surface area (Å²) in [6.07, 6.45) is 11.2. The lowest BCUT2D eigenvalue weighted by Gasteiger charge is -2.38. The van der Waals surface area contributed by atoms with Gasteiger partial charge in [0.05, 0.1) is 18.4 Å². The zero-order valence-corrected chi connectivity index (χ0v) is 15.8. The summed E-state index contributed by atoms with van der Waals surface area (Å²) >= 11 is 0. The minimum atomic E-state index is 0.0859. The van der Waals surface area contributed by atoms with Gasteiger partial charge in [0.1, 0.15) is 0 Å². The number of piperidine rings is 1. The van der Waals surface area contributed by atoms with E-state index < -0.39 is 0 Å². The second kappa shape index (κ2) is 7.47. The van der Waals surface area contributed by atoms with E-state index in [-0.39, 0.29) is 5.60 Å². The lowest BCUT2D eigenvalue weighted by Crippen LogP contribution is -2.44. The predicted octanol–water partition coefficient (Wildman–Crippen LogP) is 2.07. The lowest BCUT2D eigenvalue weighted by molar-refractivity contribution is -0.0452. The molecule has 140 valence electrons. The summed E-state index contributed by atoms with van der Waals surface area (Å²) < 4.78 is 8.24. The Morgan fingerprint density at radius 1 is 1.23 bits per heavy atom. The Kier molecular flexibility index (Phi) is 5.07. The van der Waals surface area contributed by atoms with Gasteiger partial charge in [0.25, 0.3) is 0 Å². The van der Waals surface area contributed by atoms with Gasteiger partial charge in [-0.15, -0.1) is 0 Å². The minimum absolute atomic E-state index is 0.0859. The van der Waals surface area contributed by atoms with E-state index in [0.29, 0.717) is 6.04 Å². The number of likely N-dealkylation sites (N-methyl/N-ethyl adjacent to an activating group) is 1. The Morgan fingerprint density at radius 2 is 2.00 bits per heavy atom. The highest BCUT2D eigenvalue weighted by Crippen LogP contribution is 2.37. The van der Waals surface area contributed by atoms with Crippen LogP contribution in [0.25, 0.3) is 0 Å². The molecule has 1 unspecified atom stereocenters. The van der Waals surface area contributed by atoms with Crippen molar-refractivity contribution in [3.05, 3.63) is 48.0 Å². The fourth-order valence-corrected chi connectivity index (χ4v) is 4.29. The number of nitrogens with zero attached hydrogens (tertiary/aromatic N) is 5. The molecule has 6 nitrogen and oxygen atoms in total. The van der Waals surface area contributed by atoms with Crippen LogP contribution in [0.3, 0.4) is 0 Å². The van der Waals surface area contributed by atoms with E-state index in [9.17, 15) is 0 Å². The first-order chi connectivity index (χ1) is 12.6. The van der Waals surface area contributed by atoms with Crippen molar-refractivity contribution in [2.24, 2.45) is 7.05 Å². The molecule has 0 radical (unpaired) electrons. The van der Waals surface area contributed by atoms with Gasteiger partial charge in [-0.05, 0) is 44.0 Å². The third-order valence-corrected chi connectivity index (χ3v) is 5.93. The molecule has 0 aliphatic carbocycles. The van der Waals surface area contributed by atoms with Crippen molar-refractivity contribution in [2.75, 3.05) is 26.7 Å². The van der Waals surface area contributed by atoms with Crippen LogP contribution in [0.4, 0.5) is 0 Å². The van der Waals surface area contributed by atoms with Gasteiger partial charge in [-0.3, -0.25) is 19.5 Å². The monoisotopic (exact) mass is 355 g/mol. The molecule has 2 aliphatic rings. The molecular formula is C20H29N5O. The number of aryl methyl sites for hydroxylation is 1. The summed E-state index contributed by atoms with van der Waals surface area (Å²) in [5, 5.41) is 4.27. The Hall–Kier alpha value is -1.76. The largest absolute Gasteiger partial charge is 0.373 e. The number of ether oxygens (including phenoxy) is 1. The first-order valence-corrected chi connectivity index (χ1v) is 9.55. The van der Waals surface area contributed by atoms with Gasteiger partial charge in [-0.2, -0.15) is 5.10 Å². The molecule has 2 saturated heterocycles. The van der Waals surface area contributed by atoms with Crippen molar-refractivity contribution in [2.45, 2.75) is 44.0 Å². The van der Waals surface area contributed by atoms with Crippen LogP contribution in [0.2, 0.25) is 0 Å². The Balaban J connectivity index is 1.28. The SMILES string of the molecule is CN(Cc1ccncc1)C1COC2(CCN(Cc3cnn(C)c3)CC2)C1. The zero-order chi connectivity index (χ0) is 18.0. The maximum atomic E-state index is 6.36. The molecule has 0 aromatic carbocycles. The second-order valence-electron chi connectivity index (χ2n) is 7.92. The molecule has 4 rings (SSSR count). The van der Waals surface area contributed by atoms with Crippen LogP contribution >= 0.6 is 0 Å². The van der Waals surface area contributed by atoms with E-state index in [4.69, 9.17) is 4.74 Å². The topological polar surface area (TPSA) is 46.4 Å². The van der Waals surface area contributed by atoms with Crippen LogP contribution in [0, 0.1) is 0 Å². The van der Waals surface area contributed by atoms with Gasteiger partial charge in [0.2, 0.25) is 0 Å². The number of aromatic nitrogens is 3.